The molecule has 0 bridgehead atoms. The lowest BCUT2D eigenvalue weighted by Crippen LogP contribution is -2.18. The average Bonchev–Trinajstić information content (AvgIpc) is 2.52. The van der Waals surface area contributed by atoms with Crippen molar-refractivity contribution in [3.05, 3.63) is 23.5 Å². The summed E-state index contributed by atoms with van der Waals surface area (Å²) in [4.78, 5) is 0. The Morgan fingerprint density at radius 2 is 1.43 bits per heavy atom. The maximum Gasteiger partial charge on any atom is 0.0962 e. The average molecular weight is 321 g/mol. The molecule has 1 unspecified atom stereocenters. The Hall–Kier alpha value is -0.720. The maximum absolute atomic E-state index is 10.4. The van der Waals surface area contributed by atoms with Gasteiger partial charge in [0, 0.05) is 6.42 Å². The molecule has 0 aromatic heterocycles. The normalized spacial score (nSPS) is 21.2. The van der Waals surface area contributed by atoms with Crippen LogP contribution in [0, 0.1) is 5.41 Å². The third-order valence-corrected chi connectivity index (χ3v) is 5.28. The molecule has 0 saturated heterocycles. The van der Waals surface area contributed by atoms with Gasteiger partial charge >= 0.3 is 0 Å². The largest absolute Gasteiger partial charge is 0.512 e. The van der Waals surface area contributed by atoms with E-state index in [0.29, 0.717) is 5.76 Å². The van der Waals surface area contributed by atoms with Gasteiger partial charge in [-0.1, -0.05) is 97.1 Å². The lowest BCUT2D eigenvalue weighted by Gasteiger charge is -2.30. The van der Waals surface area contributed by atoms with Crippen LogP contribution < -0.4 is 0 Å². The van der Waals surface area contributed by atoms with Crippen molar-refractivity contribution in [2.24, 2.45) is 5.41 Å². The first-order valence-electron chi connectivity index (χ1n) is 10.2. The Labute approximate surface area is 145 Å². The summed E-state index contributed by atoms with van der Waals surface area (Å²) in [7, 11) is 0. The fraction of sp³-hybridized carbons (Fsp3) is 0.818. The van der Waals surface area contributed by atoms with Crippen molar-refractivity contribution in [3.63, 3.8) is 0 Å². The van der Waals surface area contributed by atoms with Crippen LogP contribution >= 0.6 is 0 Å². The van der Waals surface area contributed by atoms with Crippen molar-refractivity contribution >= 4 is 0 Å². The zero-order valence-corrected chi connectivity index (χ0v) is 16.0. The maximum atomic E-state index is 10.4. The van der Waals surface area contributed by atoms with Crippen LogP contribution in [0.15, 0.2) is 23.5 Å². The van der Waals surface area contributed by atoms with E-state index in [1.54, 1.807) is 0 Å². The molecule has 0 radical (unpaired) electrons. The van der Waals surface area contributed by atoms with E-state index in [1.165, 1.54) is 82.6 Å². The molecule has 0 aromatic rings. The van der Waals surface area contributed by atoms with E-state index < -0.39 is 0 Å². The van der Waals surface area contributed by atoms with E-state index in [2.05, 4.69) is 32.9 Å². The molecule has 1 aliphatic carbocycles. The number of aliphatic hydroxyl groups is 1. The van der Waals surface area contributed by atoms with E-state index in [9.17, 15) is 5.11 Å². The Balaban J connectivity index is 2.19. The summed E-state index contributed by atoms with van der Waals surface area (Å²) in [6.45, 7) is 6.81. The van der Waals surface area contributed by atoms with E-state index in [0.717, 1.165) is 12.8 Å². The first kappa shape index (κ1) is 20.3. The van der Waals surface area contributed by atoms with Crippen LogP contribution in [0.1, 0.15) is 111 Å². The minimum atomic E-state index is 0.181. The standard InChI is InChI=1S/C22H40O/c1-4-6-8-9-10-11-12-14-17-22(3)18-16-20(21(23)19-22)15-13-7-5-2/h16,18,23H,4-15,17,19H2,1-3H3. The second-order valence-electron chi connectivity index (χ2n) is 7.82. The minimum absolute atomic E-state index is 0.181. The first-order chi connectivity index (χ1) is 11.1. The van der Waals surface area contributed by atoms with Gasteiger partial charge in [-0.15, -0.1) is 0 Å². The summed E-state index contributed by atoms with van der Waals surface area (Å²) in [6, 6.07) is 0. The molecular formula is C22H40O. The minimum Gasteiger partial charge on any atom is -0.512 e. The molecule has 1 atom stereocenters. The van der Waals surface area contributed by atoms with Crippen molar-refractivity contribution in [3.8, 4) is 0 Å². The highest BCUT2D eigenvalue weighted by Crippen LogP contribution is 2.38. The molecular weight excluding hydrogens is 280 g/mol. The van der Waals surface area contributed by atoms with Gasteiger partial charge in [0.1, 0.15) is 0 Å². The van der Waals surface area contributed by atoms with Gasteiger partial charge in [-0.2, -0.15) is 0 Å². The highest BCUT2D eigenvalue weighted by molar-refractivity contribution is 5.29. The molecule has 1 aliphatic rings. The number of aliphatic hydroxyl groups excluding tert-OH is 1. The molecule has 0 amide bonds. The number of rotatable bonds is 13. The summed E-state index contributed by atoms with van der Waals surface area (Å²) in [6.07, 6.45) is 22.4. The van der Waals surface area contributed by atoms with Gasteiger partial charge in [-0.05, 0) is 30.3 Å². The summed E-state index contributed by atoms with van der Waals surface area (Å²) in [5, 5.41) is 10.4. The van der Waals surface area contributed by atoms with Gasteiger partial charge in [0.25, 0.3) is 0 Å². The van der Waals surface area contributed by atoms with Crippen LogP contribution in [-0.4, -0.2) is 5.11 Å². The second-order valence-corrected chi connectivity index (χ2v) is 7.82. The van der Waals surface area contributed by atoms with Crippen LogP contribution in [-0.2, 0) is 0 Å². The molecule has 0 fully saturated rings. The number of hydrogen-bond donors (Lipinski definition) is 1. The summed E-state index contributed by atoms with van der Waals surface area (Å²) < 4.78 is 0. The van der Waals surface area contributed by atoms with Crippen molar-refractivity contribution in [2.45, 2.75) is 111 Å². The van der Waals surface area contributed by atoms with Gasteiger partial charge < -0.3 is 5.11 Å². The van der Waals surface area contributed by atoms with Crippen molar-refractivity contribution in [2.75, 3.05) is 0 Å². The first-order valence-corrected chi connectivity index (χ1v) is 10.2. The van der Waals surface area contributed by atoms with Crippen LogP contribution in [0.25, 0.3) is 0 Å². The molecule has 23 heavy (non-hydrogen) atoms. The second kappa shape index (κ2) is 11.8. The van der Waals surface area contributed by atoms with Gasteiger partial charge in [0.05, 0.1) is 5.76 Å². The van der Waals surface area contributed by atoms with Crippen LogP contribution in [0.4, 0.5) is 0 Å². The van der Waals surface area contributed by atoms with Gasteiger partial charge in [0.2, 0.25) is 0 Å². The van der Waals surface area contributed by atoms with Gasteiger partial charge in [-0.3, -0.25) is 0 Å². The fourth-order valence-corrected chi connectivity index (χ4v) is 3.58. The van der Waals surface area contributed by atoms with Crippen molar-refractivity contribution in [1.29, 1.82) is 0 Å². The van der Waals surface area contributed by atoms with E-state index in [4.69, 9.17) is 0 Å². The van der Waals surface area contributed by atoms with Gasteiger partial charge in [0.15, 0.2) is 0 Å². The van der Waals surface area contributed by atoms with E-state index in [1.807, 2.05) is 0 Å². The Kier molecular flexibility index (Phi) is 10.4. The molecule has 0 aromatic carbocycles. The molecule has 1 N–H and O–H groups in total. The van der Waals surface area contributed by atoms with E-state index >= 15 is 0 Å². The van der Waals surface area contributed by atoms with Crippen LogP contribution in [0.2, 0.25) is 0 Å². The predicted octanol–water partition coefficient (Wildman–Crippen LogP) is 7.88. The molecule has 1 rings (SSSR count). The predicted molar refractivity (Wildman–Crippen MR) is 103 cm³/mol. The SMILES string of the molecule is CCCCCCCCCCC1(C)C=CC(CCCCC)=C(O)C1. The third-order valence-electron chi connectivity index (χ3n) is 5.28. The molecule has 1 nitrogen and oxygen atoms in total. The topological polar surface area (TPSA) is 20.2 Å². The Morgan fingerprint density at radius 3 is 2.04 bits per heavy atom. The Morgan fingerprint density at radius 1 is 0.870 bits per heavy atom. The lowest BCUT2D eigenvalue weighted by molar-refractivity contribution is 0.280. The van der Waals surface area contributed by atoms with Crippen LogP contribution in [0.5, 0.6) is 0 Å². The number of unbranched alkanes of at least 4 members (excludes halogenated alkanes) is 9. The highest BCUT2D eigenvalue weighted by atomic mass is 16.3. The smallest absolute Gasteiger partial charge is 0.0962 e. The molecule has 0 aliphatic heterocycles. The lowest BCUT2D eigenvalue weighted by atomic mass is 9.76. The quantitative estimate of drug-likeness (QED) is 0.342. The fourth-order valence-electron chi connectivity index (χ4n) is 3.58. The monoisotopic (exact) mass is 320 g/mol. The third kappa shape index (κ3) is 8.63. The van der Waals surface area contributed by atoms with Gasteiger partial charge in [-0.25, -0.2) is 0 Å². The molecule has 1 heteroatoms. The van der Waals surface area contributed by atoms with Crippen molar-refractivity contribution in [1.82, 2.24) is 0 Å². The molecule has 0 heterocycles. The zero-order chi connectivity index (χ0) is 17.0. The molecule has 134 valence electrons. The number of allylic oxidation sites excluding steroid dienone is 4. The molecule has 0 spiro atoms. The van der Waals surface area contributed by atoms with Crippen molar-refractivity contribution < 1.29 is 5.11 Å². The van der Waals surface area contributed by atoms with Crippen LogP contribution in [0.3, 0.4) is 0 Å². The molecule has 0 saturated carbocycles. The Bertz CT molecular complexity index is 366. The highest BCUT2D eigenvalue weighted by Gasteiger charge is 2.26. The summed E-state index contributed by atoms with van der Waals surface area (Å²) in [5.41, 5.74) is 1.37. The summed E-state index contributed by atoms with van der Waals surface area (Å²) >= 11 is 0. The van der Waals surface area contributed by atoms with E-state index in [-0.39, 0.29) is 5.41 Å². The number of hydrogen-bond acceptors (Lipinski definition) is 1. The zero-order valence-electron chi connectivity index (χ0n) is 16.0. The summed E-state index contributed by atoms with van der Waals surface area (Å²) in [5.74, 6) is 0.658.